The predicted molar refractivity (Wildman–Crippen MR) is 113 cm³/mol. The average molecular weight is 415 g/mol. The molecule has 0 unspecified atom stereocenters. The number of amides is 2. The molecule has 0 radical (unpaired) electrons. The van der Waals surface area contributed by atoms with Gasteiger partial charge in [0.25, 0.3) is 5.91 Å². The van der Waals surface area contributed by atoms with Crippen LogP contribution in [0.3, 0.4) is 0 Å². The van der Waals surface area contributed by atoms with Crippen molar-refractivity contribution in [1.29, 1.82) is 0 Å². The quantitative estimate of drug-likeness (QED) is 0.582. The van der Waals surface area contributed by atoms with Crippen LogP contribution in [0.25, 0.3) is 0 Å². The topological polar surface area (TPSA) is 85.0 Å². The number of methoxy groups -OCH3 is 1. The summed E-state index contributed by atoms with van der Waals surface area (Å²) in [6.45, 7) is 6.47. The van der Waals surface area contributed by atoms with Crippen LogP contribution < -0.4 is 20.3 Å². The van der Waals surface area contributed by atoms with Crippen molar-refractivity contribution < 1.29 is 23.6 Å². The lowest BCUT2D eigenvalue weighted by molar-refractivity contribution is -0.919. The molecule has 162 valence electrons. The Morgan fingerprint density at radius 3 is 2.40 bits per heavy atom. The van der Waals surface area contributed by atoms with Gasteiger partial charge in [0.05, 0.1) is 33.0 Å². The first-order chi connectivity index (χ1) is 14.5. The lowest BCUT2D eigenvalue weighted by atomic mass is 10.0. The fourth-order valence-corrected chi connectivity index (χ4v) is 3.93. The van der Waals surface area contributed by atoms with E-state index < -0.39 is 6.04 Å². The minimum absolute atomic E-state index is 0.0478. The maximum atomic E-state index is 13.0. The Bertz CT molecular complexity index is 811. The molecule has 30 heavy (non-hydrogen) atoms. The lowest BCUT2D eigenvalue weighted by Crippen LogP contribution is -3.11. The number of benzene rings is 1. The molecule has 2 aromatic rings. The first-order valence-electron chi connectivity index (χ1n) is 10.6. The number of carbonyl (C=O) groups excluding carboxylic acids is 2. The van der Waals surface area contributed by atoms with Crippen molar-refractivity contribution in [2.45, 2.75) is 38.8 Å². The molecule has 3 N–H and O–H groups in total. The number of likely N-dealkylation sites (tertiary alicyclic amines) is 1. The molecular weight excluding hydrogens is 382 g/mol. The standard InChI is InChI=1S/C23H31N3O4/c1-16(2)21(25-22(27)17-8-10-18(29-3)11-9-17)23(28)24-15-19(20-7-6-14-30-20)26-12-4-5-13-26/h6-11,14,16,19,21H,4-5,12-13,15H2,1-3H3,(H,24,28)(H,25,27)/p+1/t19-,21-/m0/s1. The van der Waals surface area contributed by atoms with Crippen LogP contribution in [0.2, 0.25) is 0 Å². The van der Waals surface area contributed by atoms with Crippen molar-refractivity contribution in [3.8, 4) is 5.75 Å². The third-order valence-corrected chi connectivity index (χ3v) is 5.69. The molecule has 1 aliphatic heterocycles. The van der Waals surface area contributed by atoms with Gasteiger partial charge in [-0.15, -0.1) is 0 Å². The van der Waals surface area contributed by atoms with Gasteiger partial charge in [0, 0.05) is 18.4 Å². The van der Waals surface area contributed by atoms with E-state index in [9.17, 15) is 9.59 Å². The molecule has 2 heterocycles. The van der Waals surface area contributed by atoms with E-state index >= 15 is 0 Å². The van der Waals surface area contributed by atoms with E-state index in [4.69, 9.17) is 9.15 Å². The van der Waals surface area contributed by atoms with Crippen molar-refractivity contribution in [3.63, 3.8) is 0 Å². The SMILES string of the molecule is COc1ccc(C(=O)N[C@H](C(=O)NC[C@@H](c2ccco2)[NH+]2CCCC2)C(C)C)cc1. The van der Waals surface area contributed by atoms with E-state index in [2.05, 4.69) is 10.6 Å². The second-order valence-corrected chi connectivity index (χ2v) is 8.10. The fraction of sp³-hybridized carbons (Fsp3) is 0.478. The summed E-state index contributed by atoms with van der Waals surface area (Å²) in [5.74, 6) is 1.06. The first-order valence-corrected chi connectivity index (χ1v) is 10.6. The van der Waals surface area contributed by atoms with Crippen molar-refractivity contribution in [2.75, 3.05) is 26.7 Å². The predicted octanol–water partition coefficient (Wildman–Crippen LogP) is 1.58. The molecule has 1 aromatic carbocycles. The number of hydrogen-bond donors (Lipinski definition) is 3. The van der Waals surface area contributed by atoms with E-state index in [0.29, 0.717) is 17.9 Å². The highest BCUT2D eigenvalue weighted by Crippen LogP contribution is 2.14. The number of carbonyl (C=O) groups is 2. The normalized spacial score (nSPS) is 16.3. The number of quaternary nitrogens is 1. The molecule has 1 fully saturated rings. The Balaban J connectivity index is 1.63. The summed E-state index contributed by atoms with van der Waals surface area (Å²) < 4.78 is 10.8. The molecule has 3 rings (SSSR count). The second kappa shape index (κ2) is 10.3. The largest absolute Gasteiger partial charge is 0.497 e. The van der Waals surface area contributed by atoms with Crippen molar-refractivity contribution >= 4 is 11.8 Å². The van der Waals surface area contributed by atoms with Crippen LogP contribution in [0.15, 0.2) is 47.1 Å². The lowest BCUT2D eigenvalue weighted by Gasteiger charge is -2.26. The maximum Gasteiger partial charge on any atom is 0.251 e. The van der Waals surface area contributed by atoms with Gasteiger partial charge >= 0.3 is 0 Å². The maximum absolute atomic E-state index is 13.0. The summed E-state index contributed by atoms with van der Waals surface area (Å²) in [5.41, 5.74) is 0.490. The highest BCUT2D eigenvalue weighted by atomic mass is 16.5. The van der Waals surface area contributed by atoms with Crippen molar-refractivity contribution in [3.05, 3.63) is 54.0 Å². The summed E-state index contributed by atoms with van der Waals surface area (Å²) in [6, 6.07) is 10.1. The molecule has 2 amide bonds. The minimum Gasteiger partial charge on any atom is -0.497 e. The smallest absolute Gasteiger partial charge is 0.251 e. The summed E-state index contributed by atoms with van der Waals surface area (Å²) in [6.07, 6.45) is 4.05. The number of hydrogen-bond acceptors (Lipinski definition) is 4. The van der Waals surface area contributed by atoms with Crippen LogP contribution >= 0.6 is 0 Å². The van der Waals surface area contributed by atoms with E-state index in [1.807, 2.05) is 26.0 Å². The minimum atomic E-state index is -0.620. The van der Waals surface area contributed by atoms with E-state index in [0.717, 1.165) is 18.8 Å². The van der Waals surface area contributed by atoms with Gasteiger partial charge in [-0.2, -0.15) is 0 Å². The van der Waals surface area contributed by atoms with E-state index in [1.165, 1.54) is 17.7 Å². The Morgan fingerprint density at radius 1 is 1.13 bits per heavy atom. The monoisotopic (exact) mass is 414 g/mol. The number of nitrogens with one attached hydrogen (secondary N) is 3. The summed E-state index contributed by atoms with van der Waals surface area (Å²) in [5, 5.41) is 5.93. The molecule has 1 aliphatic rings. The van der Waals surface area contributed by atoms with Crippen molar-refractivity contribution in [2.24, 2.45) is 5.92 Å². The van der Waals surface area contributed by atoms with E-state index in [1.54, 1.807) is 37.6 Å². The summed E-state index contributed by atoms with van der Waals surface area (Å²) in [4.78, 5) is 27.0. The molecule has 0 aliphatic carbocycles. The van der Waals surface area contributed by atoms with Crippen molar-refractivity contribution in [1.82, 2.24) is 10.6 Å². The van der Waals surface area contributed by atoms with Gasteiger partial charge in [-0.25, -0.2) is 0 Å². The molecule has 1 aromatic heterocycles. The summed E-state index contributed by atoms with van der Waals surface area (Å²) in [7, 11) is 1.58. The van der Waals surface area contributed by atoms with Crippen LogP contribution in [0.5, 0.6) is 5.75 Å². The molecule has 0 bridgehead atoms. The van der Waals surface area contributed by atoms with Crippen LogP contribution in [0, 0.1) is 5.92 Å². The highest BCUT2D eigenvalue weighted by Gasteiger charge is 2.31. The zero-order chi connectivity index (χ0) is 21.5. The molecular formula is C23H32N3O4+. The van der Waals surface area contributed by atoms with Gasteiger partial charge in [0.2, 0.25) is 5.91 Å². The van der Waals surface area contributed by atoms with Crippen LogP contribution in [0.1, 0.15) is 48.8 Å². The molecule has 1 saturated heterocycles. The van der Waals surface area contributed by atoms with Gasteiger partial charge in [0.1, 0.15) is 11.8 Å². The zero-order valence-electron chi connectivity index (χ0n) is 17.9. The second-order valence-electron chi connectivity index (χ2n) is 8.10. The van der Waals surface area contributed by atoms with Gasteiger partial charge in [-0.1, -0.05) is 13.8 Å². The van der Waals surface area contributed by atoms with Crippen LogP contribution in [0.4, 0.5) is 0 Å². The molecule has 0 spiro atoms. The molecule has 7 heteroatoms. The third-order valence-electron chi connectivity index (χ3n) is 5.69. The van der Waals surface area contributed by atoms with Gasteiger partial charge in [-0.3, -0.25) is 9.59 Å². The Morgan fingerprint density at radius 2 is 1.83 bits per heavy atom. The first kappa shape index (κ1) is 21.9. The summed E-state index contributed by atoms with van der Waals surface area (Å²) >= 11 is 0. The number of furan rings is 1. The Labute approximate surface area is 177 Å². The Kier molecular flexibility index (Phi) is 7.52. The molecule has 7 nitrogen and oxygen atoms in total. The average Bonchev–Trinajstić information content (AvgIpc) is 3.46. The van der Waals surface area contributed by atoms with Crippen LogP contribution in [-0.4, -0.2) is 44.6 Å². The van der Waals surface area contributed by atoms with Gasteiger partial charge in [0.15, 0.2) is 11.8 Å². The molecule has 0 saturated carbocycles. The van der Waals surface area contributed by atoms with Crippen LogP contribution in [-0.2, 0) is 4.79 Å². The fourth-order valence-electron chi connectivity index (χ4n) is 3.93. The van der Waals surface area contributed by atoms with Gasteiger partial charge < -0.3 is 24.7 Å². The third kappa shape index (κ3) is 5.42. The highest BCUT2D eigenvalue weighted by molar-refractivity contribution is 5.97. The number of rotatable bonds is 9. The Hall–Kier alpha value is -2.80. The number of ether oxygens (including phenoxy) is 1. The molecule has 2 atom stereocenters. The zero-order valence-corrected chi connectivity index (χ0v) is 17.9. The van der Waals surface area contributed by atoms with E-state index in [-0.39, 0.29) is 23.8 Å². The van der Waals surface area contributed by atoms with Gasteiger partial charge in [-0.05, 0) is 42.3 Å².